The largest absolute Gasteiger partial charge is 0.383 e. The molecule has 2 aliphatic heterocycles. The fourth-order valence-corrected chi connectivity index (χ4v) is 5.34. The first-order chi connectivity index (χ1) is 15.5. The van der Waals surface area contributed by atoms with E-state index >= 15 is 0 Å². The smallest absolute Gasteiger partial charge is 0.255 e. The molecule has 1 unspecified atom stereocenters. The van der Waals surface area contributed by atoms with E-state index in [2.05, 4.69) is 42.2 Å². The summed E-state index contributed by atoms with van der Waals surface area (Å²) in [5, 5.41) is 1.11. The molecule has 3 aromatic rings. The van der Waals surface area contributed by atoms with Crippen LogP contribution in [0.25, 0.3) is 10.9 Å². The topological polar surface area (TPSA) is 65.6 Å². The van der Waals surface area contributed by atoms with Crippen molar-refractivity contribution in [2.24, 2.45) is 0 Å². The molecular formula is C26H29N3O3. The molecule has 1 saturated heterocycles. The van der Waals surface area contributed by atoms with Crippen LogP contribution < -0.4 is 0 Å². The van der Waals surface area contributed by atoms with Crippen LogP contribution in [-0.4, -0.2) is 59.9 Å². The molecule has 1 N–H and O–H groups in total. The Morgan fingerprint density at radius 2 is 1.88 bits per heavy atom. The SMILES string of the molecule is CCc1ccc(C2CN3C(=O)CN(CCOC)C(=O)[C@]3(C)c3[nH]c4ccccc4c32)cc1. The van der Waals surface area contributed by atoms with E-state index in [9.17, 15) is 9.59 Å². The number of aromatic nitrogens is 1. The maximum Gasteiger partial charge on any atom is 0.255 e. The molecule has 2 atom stereocenters. The summed E-state index contributed by atoms with van der Waals surface area (Å²) in [5.74, 6) is -0.0770. The Labute approximate surface area is 188 Å². The monoisotopic (exact) mass is 431 g/mol. The number of fused-ring (bicyclic) bond motifs is 5. The first-order valence-corrected chi connectivity index (χ1v) is 11.3. The summed E-state index contributed by atoms with van der Waals surface area (Å²) in [4.78, 5) is 34.0. The second kappa shape index (κ2) is 7.78. The van der Waals surface area contributed by atoms with Gasteiger partial charge in [0.1, 0.15) is 0 Å². The lowest BCUT2D eigenvalue weighted by atomic mass is 9.76. The second-order valence-electron chi connectivity index (χ2n) is 8.90. The zero-order valence-electron chi connectivity index (χ0n) is 18.9. The Balaban J connectivity index is 1.70. The molecule has 2 amide bonds. The summed E-state index contributed by atoms with van der Waals surface area (Å²) in [5.41, 5.74) is 4.33. The van der Waals surface area contributed by atoms with E-state index in [1.54, 1.807) is 16.9 Å². The second-order valence-corrected chi connectivity index (χ2v) is 8.90. The zero-order valence-corrected chi connectivity index (χ0v) is 18.9. The van der Waals surface area contributed by atoms with Gasteiger partial charge in [-0.15, -0.1) is 0 Å². The predicted octanol–water partition coefficient (Wildman–Crippen LogP) is 3.41. The van der Waals surface area contributed by atoms with Gasteiger partial charge in [0, 0.05) is 37.0 Å². The van der Waals surface area contributed by atoms with E-state index in [0.29, 0.717) is 19.7 Å². The number of carbonyl (C=O) groups excluding carboxylic acids is 2. The van der Waals surface area contributed by atoms with E-state index in [1.165, 1.54) is 5.56 Å². The number of amides is 2. The number of ether oxygens (including phenoxy) is 1. The minimum absolute atomic E-state index is 0.00223. The number of benzene rings is 2. The van der Waals surface area contributed by atoms with Crippen LogP contribution in [0.3, 0.4) is 0 Å². The molecule has 32 heavy (non-hydrogen) atoms. The maximum atomic E-state index is 13.8. The summed E-state index contributed by atoms with van der Waals surface area (Å²) in [6, 6.07) is 16.8. The highest BCUT2D eigenvalue weighted by molar-refractivity contribution is 6.01. The summed E-state index contributed by atoms with van der Waals surface area (Å²) in [7, 11) is 1.61. The van der Waals surface area contributed by atoms with Crippen LogP contribution in [0.5, 0.6) is 0 Å². The van der Waals surface area contributed by atoms with Gasteiger partial charge in [0.15, 0.2) is 5.54 Å². The first kappa shape index (κ1) is 20.8. The maximum absolute atomic E-state index is 13.8. The Morgan fingerprint density at radius 1 is 1.12 bits per heavy atom. The summed E-state index contributed by atoms with van der Waals surface area (Å²) < 4.78 is 5.18. The highest BCUT2D eigenvalue weighted by atomic mass is 16.5. The van der Waals surface area contributed by atoms with E-state index in [0.717, 1.165) is 34.1 Å². The van der Waals surface area contributed by atoms with E-state index in [1.807, 2.05) is 25.1 Å². The predicted molar refractivity (Wildman–Crippen MR) is 123 cm³/mol. The Kier molecular flexibility index (Phi) is 5.05. The molecule has 0 radical (unpaired) electrons. The van der Waals surface area contributed by atoms with E-state index < -0.39 is 5.54 Å². The summed E-state index contributed by atoms with van der Waals surface area (Å²) >= 11 is 0. The van der Waals surface area contributed by atoms with Crippen molar-refractivity contribution in [2.75, 3.05) is 33.4 Å². The van der Waals surface area contributed by atoms with Crippen LogP contribution in [0.2, 0.25) is 0 Å². The van der Waals surface area contributed by atoms with Gasteiger partial charge in [-0.05, 0) is 36.1 Å². The number of nitrogens with zero attached hydrogens (tertiary/aromatic N) is 2. The number of H-pyrrole nitrogens is 1. The van der Waals surface area contributed by atoms with Crippen LogP contribution in [0, 0.1) is 0 Å². The number of hydrogen-bond acceptors (Lipinski definition) is 3. The van der Waals surface area contributed by atoms with Crippen LogP contribution in [0.15, 0.2) is 48.5 Å². The van der Waals surface area contributed by atoms with Crippen molar-refractivity contribution in [3.8, 4) is 0 Å². The van der Waals surface area contributed by atoms with Crippen molar-refractivity contribution in [1.82, 2.24) is 14.8 Å². The highest BCUT2D eigenvalue weighted by Gasteiger charge is 2.56. The number of rotatable bonds is 5. The Hall–Kier alpha value is -3.12. The Bertz CT molecular complexity index is 1180. The number of para-hydroxylation sites is 1. The average Bonchev–Trinajstić information content (AvgIpc) is 3.21. The summed E-state index contributed by atoms with van der Waals surface area (Å²) in [6.07, 6.45) is 0.984. The van der Waals surface area contributed by atoms with Crippen molar-refractivity contribution in [3.05, 3.63) is 70.9 Å². The third-order valence-electron chi connectivity index (χ3n) is 7.17. The van der Waals surface area contributed by atoms with Crippen LogP contribution >= 0.6 is 0 Å². The van der Waals surface area contributed by atoms with Crippen molar-refractivity contribution in [1.29, 1.82) is 0 Å². The minimum atomic E-state index is -1.06. The van der Waals surface area contributed by atoms with Crippen molar-refractivity contribution in [3.63, 3.8) is 0 Å². The quantitative estimate of drug-likeness (QED) is 0.673. The fourth-order valence-electron chi connectivity index (χ4n) is 5.34. The molecule has 5 rings (SSSR count). The molecule has 0 saturated carbocycles. The number of carbonyl (C=O) groups is 2. The molecule has 166 valence electrons. The van der Waals surface area contributed by atoms with E-state index in [4.69, 9.17) is 4.74 Å². The van der Waals surface area contributed by atoms with Gasteiger partial charge in [0.2, 0.25) is 5.91 Å². The van der Waals surface area contributed by atoms with Gasteiger partial charge in [-0.1, -0.05) is 49.4 Å². The summed E-state index contributed by atoms with van der Waals surface area (Å²) in [6.45, 7) is 5.42. The van der Waals surface area contributed by atoms with Gasteiger partial charge in [-0.2, -0.15) is 0 Å². The molecule has 0 aliphatic carbocycles. The van der Waals surface area contributed by atoms with Gasteiger partial charge in [-0.25, -0.2) is 0 Å². The van der Waals surface area contributed by atoms with Crippen molar-refractivity contribution in [2.45, 2.75) is 31.7 Å². The number of hydrogen-bond donors (Lipinski definition) is 1. The van der Waals surface area contributed by atoms with Crippen LogP contribution in [-0.2, 0) is 26.3 Å². The molecule has 0 spiro atoms. The molecule has 2 aliphatic rings. The van der Waals surface area contributed by atoms with Crippen LogP contribution in [0.4, 0.5) is 0 Å². The van der Waals surface area contributed by atoms with Crippen molar-refractivity contribution >= 4 is 22.7 Å². The van der Waals surface area contributed by atoms with Gasteiger partial charge in [0.25, 0.3) is 5.91 Å². The molecular weight excluding hydrogens is 402 g/mol. The number of methoxy groups -OCH3 is 1. The third kappa shape index (κ3) is 2.97. The standard InChI is InChI=1S/C26H29N3O3/c1-4-17-9-11-18(12-10-17)20-15-29-22(30)16-28(13-14-32-3)25(31)26(29,2)24-23(20)19-7-5-6-8-21(19)27-24/h5-12,20,27H,4,13-16H2,1-3H3/t20?,26-/m0/s1. The number of piperazine rings is 1. The lowest BCUT2D eigenvalue weighted by Crippen LogP contribution is -2.67. The fraction of sp³-hybridized carbons (Fsp3) is 0.385. The Morgan fingerprint density at radius 3 is 2.59 bits per heavy atom. The van der Waals surface area contributed by atoms with Crippen LogP contribution in [0.1, 0.15) is 42.1 Å². The first-order valence-electron chi connectivity index (χ1n) is 11.3. The van der Waals surface area contributed by atoms with E-state index in [-0.39, 0.29) is 24.3 Å². The van der Waals surface area contributed by atoms with Gasteiger partial charge >= 0.3 is 0 Å². The zero-order chi connectivity index (χ0) is 22.5. The molecule has 1 aromatic heterocycles. The molecule has 3 heterocycles. The molecule has 0 bridgehead atoms. The average molecular weight is 432 g/mol. The normalized spacial score (nSPS) is 22.9. The number of nitrogens with one attached hydrogen (secondary N) is 1. The molecule has 1 fully saturated rings. The van der Waals surface area contributed by atoms with Gasteiger partial charge in [-0.3, -0.25) is 9.59 Å². The lowest BCUT2D eigenvalue weighted by molar-refractivity contribution is -0.166. The van der Waals surface area contributed by atoms with Gasteiger partial charge < -0.3 is 19.5 Å². The molecule has 6 heteroatoms. The molecule has 6 nitrogen and oxygen atoms in total. The lowest BCUT2D eigenvalue weighted by Gasteiger charge is -2.51. The van der Waals surface area contributed by atoms with Crippen molar-refractivity contribution < 1.29 is 14.3 Å². The minimum Gasteiger partial charge on any atom is -0.383 e. The molecule has 2 aromatic carbocycles. The number of aromatic amines is 1. The highest BCUT2D eigenvalue weighted by Crippen LogP contribution is 2.48. The third-order valence-corrected chi connectivity index (χ3v) is 7.17. The number of aryl methyl sites for hydroxylation is 1. The van der Waals surface area contributed by atoms with Gasteiger partial charge in [0.05, 0.1) is 18.8 Å².